The molecule has 24 heavy (non-hydrogen) atoms. The molecular weight excluding hydrogens is 314 g/mol. The average molecular weight is 331 g/mol. The van der Waals surface area contributed by atoms with E-state index < -0.39 is 16.6 Å². The van der Waals surface area contributed by atoms with E-state index >= 15 is 0 Å². The molecule has 0 amide bonds. The third-order valence-electron chi connectivity index (χ3n) is 3.21. The SMILES string of the molecule is CCOc1cc([N+](=O)[O-])c(C(=O)OCc2ccccc2)cc1OC. The maximum absolute atomic E-state index is 12.3. The predicted molar refractivity (Wildman–Crippen MR) is 86.4 cm³/mol. The Balaban J connectivity index is 2.29. The van der Waals surface area contributed by atoms with Crippen LogP contribution >= 0.6 is 0 Å². The molecule has 0 aromatic heterocycles. The summed E-state index contributed by atoms with van der Waals surface area (Å²) in [7, 11) is 1.39. The van der Waals surface area contributed by atoms with E-state index in [4.69, 9.17) is 14.2 Å². The fourth-order valence-corrected chi connectivity index (χ4v) is 2.09. The molecule has 0 radical (unpaired) electrons. The zero-order valence-electron chi connectivity index (χ0n) is 13.4. The number of hydrogen-bond acceptors (Lipinski definition) is 6. The van der Waals surface area contributed by atoms with Crippen LogP contribution in [0.15, 0.2) is 42.5 Å². The minimum atomic E-state index is -0.799. The molecule has 0 heterocycles. The summed E-state index contributed by atoms with van der Waals surface area (Å²) < 4.78 is 15.6. The zero-order valence-corrected chi connectivity index (χ0v) is 13.4. The van der Waals surface area contributed by atoms with Crippen molar-refractivity contribution in [3.8, 4) is 11.5 Å². The van der Waals surface area contributed by atoms with Crippen molar-refractivity contribution >= 4 is 11.7 Å². The lowest BCUT2D eigenvalue weighted by atomic mass is 10.1. The summed E-state index contributed by atoms with van der Waals surface area (Å²) in [6.07, 6.45) is 0. The van der Waals surface area contributed by atoms with Gasteiger partial charge in [0.15, 0.2) is 11.5 Å². The Morgan fingerprint density at radius 2 is 1.88 bits per heavy atom. The number of esters is 1. The molecule has 0 unspecified atom stereocenters. The molecule has 126 valence electrons. The Morgan fingerprint density at radius 3 is 2.46 bits per heavy atom. The lowest BCUT2D eigenvalue weighted by Crippen LogP contribution is -2.09. The maximum atomic E-state index is 12.3. The first-order valence-corrected chi connectivity index (χ1v) is 7.27. The van der Waals surface area contributed by atoms with Crippen molar-refractivity contribution in [3.05, 3.63) is 63.7 Å². The summed E-state index contributed by atoms with van der Waals surface area (Å²) in [5.74, 6) is -0.368. The molecule has 0 aliphatic carbocycles. The largest absolute Gasteiger partial charge is 0.493 e. The zero-order chi connectivity index (χ0) is 17.5. The van der Waals surface area contributed by atoms with Gasteiger partial charge < -0.3 is 14.2 Å². The topological polar surface area (TPSA) is 87.9 Å². The Labute approximate surface area is 138 Å². The van der Waals surface area contributed by atoms with E-state index in [1.54, 1.807) is 19.1 Å². The Hall–Kier alpha value is -3.09. The van der Waals surface area contributed by atoms with Crippen LogP contribution in [0.3, 0.4) is 0 Å². The third kappa shape index (κ3) is 4.01. The molecule has 0 aliphatic rings. The van der Waals surface area contributed by atoms with Crippen LogP contribution in [0.2, 0.25) is 0 Å². The van der Waals surface area contributed by atoms with Crippen molar-refractivity contribution in [2.75, 3.05) is 13.7 Å². The third-order valence-corrected chi connectivity index (χ3v) is 3.21. The fourth-order valence-electron chi connectivity index (χ4n) is 2.09. The van der Waals surface area contributed by atoms with E-state index in [1.165, 1.54) is 19.2 Å². The molecule has 0 atom stereocenters. The second kappa shape index (κ2) is 7.96. The van der Waals surface area contributed by atoms with Gasteiger partial charge in [-0.2, -0.15) is 0 Å². The first-order chi connectivity index (χ1) is 11.6. The normalized spacial score (nSPS) is 10.1. The number of nitro groups is 1. The van der Waals surface area contributed by atoms with Crippen molar-refractivity contribution < 1.29 is 23.9 Å². The lowest BCUT2D eigenvalue weighted by Gasteiger charge is -2.11. The minimum Gasteiger partial charge on any atom is -0.493 e. The molecule has 2 aromatic rings. The summed E-state index contributed by atoms with van der Waals surface area (Å²) in [5, 5.41) is 11.3. The van der Waals surface area contributed by atoms with Gasteiger partial charge in [0, 0.05) is 6.07 Å². The van der Waals surface area contributed by atoms with E-state index in [0.717, 1.165) is 5.56 Å². The van der Waals surface area contributed by atoms with Gasteiger partial charge in [-0.25, -0.2) is 4.79 Å². The Bertz CT molecular complexity index is 729. The molecule has 0 aliphatic heterocycles. The minimum absolute atomic E-state index is 0.0202. The number of carbonyl (C=O) groups is 1. The molecule has 7 heteroatoms. The number of nitro benzene ring substituents is 1. The van der Waals surface area contributed by atoms with Crippen LogP contribution < -0.4 is 9.47 Å². The second-order valence-corrected chi connectivity index (χ2v) is 4.77. The first-order valence-electron chi connectivity index (χ1n) is 7.27. The number of rotatable bonds is 7. The quantitative estimate of drug-likeness (QED) is 0.439. The number of nitrogens with zero attached hydrogens (tertiary/aromatic N) is 1. The van der Waals surface area contributed by atoms with E-state index in [2.05, 4.69) is 0 Å². The summed E-state index contributed by atoms with van der Waals surface area (Å²) >= 11 is 0. The van der Waals surface area contributed by atoms with Crippen LogP contribution in [0.5, 0.6) is 11.5 Å². The van der Waals surface area contributed by atoms with Gasteiger partial charge in [0.2, 0.25) is 0 Å². The van der Waals surface area contributed by atoms with Crippen molar-refractivity contribution in [3.63, 3.8) is 0 Å². The standard InChI is InChI=1S/C17H17NO6/c1-3-23-16-10-14(18(20)21)13(9-15(16)22-2)17(19)24-11-12-7-5-4-6-8-12/h4-10H,3,11H2,1-2H3. The monoisotopic (exact) mass is 331 g/mol. The molecule has 0 spiro atoms. The molecule has 2 aromatic carbocycles. The Kier molecular flexibility index (Phi) is 5.73. The molecule has 0 N–H and O–H groups in total. The van der Waals surface area contributed by atoms with E-state index in [1.807, 2.05) is 18.2 Å². The molecular formula is C17H17NO6. The van der Waals surface area contributed by atoms with Gasteiger partial charge in [-0.05, 0) is 12.5 Å². The second-order valence-electron chi connectivity index (χ2n) is 4.77. The van der Waals surface area contributed by atoms with E-state index in [9.17, 15) is 14.9 Å². The van der Waals surface area contributed by atoms with Gasteiger partial charge in [-0.1, -0.05) is 30.3 Å². The molecule has 0 saturated heterocycles. The van der Waals surface area contributed by atoms with Crippen LogP contribution in [0.4, 0.5) is 5.69 Å². The molecule has 0 bridgehead atoms. The molecule has 0 fully saturated rings. The van der Waals surface area contributed by atoms with Crippen molar-refractivity contribution in [1.82, 2.24) is 0 Å². The highest BCUT2D eigenvalue weighted by Crippen LogP contribution is 2.35. The van der Waals surface area contributed by atoms with Crippen molar-refractivity contribution in [2.24, 2.45) is 0 Å². The first kappa shape index (κ1) is 17.3. The van der Waals surface area contributed by atoms with E-state index in [0.29, 0.717) is 6.61 Å². The van der Waals surface area contributed by atoms with Gasteiger partial charge in [0.05, 0.1) is 24.7 Å². The van der Waals surface area contributed by atoms with Crippen LogP contribution in [0.1, 0.15) is 22.8 Å². The summed E-state index contributed by atoms with van der Waals surface area (Å²) in [4.78, 5) is 22.9. The molecule has 0 saturated carbocycles. The highest BCUT2D eigenvalue weighted by Gasteiger charge is 2.25. The number of carbonyl (C=O) groups excluding carboxylic acids is 1. The van der Waals surface area contributed by atoms with E-state index in [-0.39, 0.29) is 23.7 Å². The highest BCUT2D eigenvalue weighted by molar-refractivity contribution is 5.95. The van der Waals surface area contributed by atoms with Gasteiger partial charge in [0.25, 0.3) is 5.69 Å². The van der Waals surface area contributed by atoms with Crippen LogP contribution in [0, 0.1) is 10.1 Å². The predicted octanol–water partition coefficient (Wildman–Crippen LogP) is 3.36. The van der Waals surface area contributed by atoms with Crippen LogP contribution in [-0.2, 0) is 11.3 Å². The van der Waals surface area contributed by atoms with Crippen LogP contribution in [-0.4, -0.2) is 24.6 Å². The Morgan fingerprint density at radius 1 is 1.17 bits per heavy atom. The van der Waals surface area contributed by atoms with Gasteiger partial charge >= 0.3 is 5.97 Å². The smallest absolute Gasteiger partial charge is 0.345 e. The van der Waals surface area contributed by atoms with Gasteiger partial charge in [-0.15, -0.1) is 0 Å². The number of methoxy groups -OCH3 is 1. The van der Waals surface area contributed by atoms with Gasteiger partial charge in [-0.3, -0.25) is 10.1 Å². The number of hydrogen-bond donors (Lipinski definition) is 0. The average Bonchev–Trinajstić information content (AvgIpc) is 2.60. The lowest BCUT2D eigenvalue weighted by molar-refractivity contribution is -0.385. The number of ether oxygens (including phenoxy) is 3. The highest BCUT2D eigenvalue weighted by atomic mass is 16.6. The summed E-state index contributed by atoms with van der Waals surface area (Å²) in [6, 6.07) is 11.5. The van der Waals surface area contributed by atoms with Crippen LogP contribution in [0.25, 0.3) is 0 Å². The maximum Gasteiger partial charge on any atom is 0.345 e. The number of benzene rings is 2. The molecule has 2 rings (SSSR count). The van der Waals surface area contributed by atoms with Crippen molar-refractivity contribution in [2.45, 2.75) is 13.5 Å². The van der Waals surface area contributed by atoms with Gasteiger partial charge in [0.1, 0.15) is 12.2 Å². The van der Waals surface area contributed by atoms with Crippen molar-refractivity contribution in [1.29, 1.82) is 0 Å². The molecule has 7 nitrogen and oxygen atoms in total. The summed E-state index contributed by atoms with van der Waals surface area (Å²) in [5.41, 5.74) is 0.208. The fraction of sp³-hybridized carbons (Fsp3) is 0.235. The summed E-state index contributed by atoms with van der Waals surface area (Å²) in [6.45, 7) is 2.07.